The number of hydrogen-bond acceptors (Lipinski definition) is 6. The quantitative estimate of drug-likeness (QED) is 0.584. The average Bonchev–Trinajstić information content (AvgIpc) is 3.24. The predicted molar refractivity (Wildman–Crippen MR) is 105 cm³/mol. The summed E-state index contributed by atoms with van der Waals surface area (Å²) < 4.78 is 6.97. The highest BCUT2D eigenvalue weighted by molar-refractivity contribution is 7.16. The number of ether oxygens (including phenoxy) is 1. The highest BCUT2D eigenvalue weighted by Gasteiger charge is 2.14. The summed E-state index contributed by atoms with van der Waals surface area (Å²) in [5, 5.41) is 11.5. The Bertz CT molecular complexity index is 1130. The van der Waals surface area contributed by atoms with E-state index in [1.165, 1.54) is 11.3 Å². The second-order valence-electron chi connectivity index (χ2n) is 6.00. The fraction of sp³-hybridized carbons (Fsp3) is 0.158. The molecule has 0 spiro atoms. The van der Waals surface area contributed by atoms with Gasteiger partial charge in [-0.2, -0.15) is 0 Å². The lowest BCUT2D eigenvalue weighted by atomic mass is 10.1. The van der Waals surface area contributed by atoms with Crippen molar-refractivity contribution in [3.05, 3.63) is 58.9 Å². The molecule has 3 heterocycles. The second-order valence-corrected chi connectivity index (χ2v) is 7.20. The van der Waals surface area contributed by atoms with E-state index in [2.05, 4.69) is 20.5 Å². The van der Waals surface area contributed by atoms with Crippen molar-refractivity contribution in [3.8, 4) is 17.0 Å². The standard InChI is InChI=1S/C19H17N5O2S/c1-11-17(13-4-7-15(26-3)8-5-13)20-19(27-11)21-18(25)14-6-9-16-23-22-12(2)24(16)10-14/h4-10H,1-3H3,(H,20,21,25). The molecule has 1 aromatic carbocycles. The summed E-state index contributed by atoms with van der Waals surface area (Å²) in [6, 6.07) is 11.2. The number of rotatable bonds is 4. The van der Waals surface area contributed by atoms with Crippen LogP contribution in [0.25, 0.3) is 16.9 Å². The fourth-order valence-corrected chi connectivity index (χ4v) is 3.61. The summed E-state index contributed by atoms with van der Waals surface area (Å²) in [6.45, 7) is 3.83. The molecular formula is C19H17N5O2S. The molecule has 3 aromatic heterocycles. The van der Waals surface area contributed by atoms with Gasteiger partial charge in [-0.3, -0.25) is 14.5 Å². The number of aryl methyl sites for hydroxylation is 2. The van der Waals surface area contributed by atoms with Crippen LogP contribution in [0.4, 0.5) is 5.13 Å². The van der Waals surface area contributed by atoms with Crippen molar-refractivity contribution in [1.82, 2.24) is 19.6 Å². The molecule has 0 saturated carbocycles. The van der Waals surface area contributed by atoms with Gasteiger partial charge in [0, 0.05) is 16.6 Å². The Balaban J connectivity index is 1.58. The Hall–Kier alpha value is -3.26. The number of fused-ring (bicyclic) bond motifs is 1. The largest absolute Gasteiger partial charge is 0.497 e. The first-order valence-electron chi connectivity index (χ1n) is 8.30. The number of pyridine rings is 1. The molecule has 4 aromatic rings. The zero-order valence-electron chi connectivity index (χ0n) is 15.1. The molecule has 0 aliphatic carbocycles. The van der Waals surface area contributed by atoms with Crippen LogP contribution in [-0.4, -0.2) is 32.6 Å². The molecule has 136 valence electrons. The maximum absolute atomic E-state index is 12.6. The van der Waals surface area contributed by atoms with E-state index < -0.39 is 0 Å². The molecule has 0 fully saturated rings. The maximum Gasteiger partial charge on any atom is 0.258 e. The van der Waals surface area contributed by atoms with Gasteiger partial charge >= 0.3 is 0 Å². The lowest BCUT2D eigenvalue weighted by Gasteiger charge is -2.03. The number of carbonyl (C=O) groups is 1. The summed E-state index contributed by atoms with van der Waals surface area (Å²) in [4.78, 5) is 18.2. The minimum atomic E-state index is -0.222. The summed E-state index contributed by atoms with van der Waals surface area (Å²) in [5.41, 5.74) is 3.05. The van der Waals surface area contributed by atoms with Crippen LogP contribution < -0.4 is 10.1 Å². The molecule has 4 rings (SSSR count). The van der Waals surface area contributed by atoms with Crippen LogP contribution in [0, 0.1) is 13.8 Å². The van der Waals surface area contributed by atoms with Crippen LogP contribution in [0.15, 0.2) is 42.6 Å². The third-order valence-electron chi connectivity index (χ3n) is 4.22. The van der Waals surface area contributed by atoms with E-state index >= 15 is 0 Å². The Morgan fingerprint density at radius 1 is 1.11 bits per heavy atom. The van der Waals surface area contributed by atoms with Gasteiger partial charge in [-0.1, -0.05) is 0 Å². The molecule has 0 saturated heterocycles. The number of aromatic nitrogens is 4. The van der Waals surface area contributed by atoms with E-state index in [1.54, 1.807) is 29.8 Å². The predicted octanol–water partition coefficient (Wildman–Crippen LogP) is 3.73. The molecular weight excluding hydrogens is 362 g/mol. The van der Waals surface area contributed by atoms with E-state index in [1.807, 2.05) is 38.1 Å². The van der Waals surface area contributed by atoms with Gasteiger partial charge in [-0.05, 0) is 50.2 Å². The third-order valence-corrected chi connectivity index (χ3v) is 5.10. The Labute approximate surface area is 159 Å². The lowest BCUT2D eigenvalue weighted by molar-refractivity contribution is 0.102. The van der Waals surface area contributed by atoms with Crippen molar-refractivity contribution in [2.45, 2.75) is 13.8 Å². The maximum atomic E-state index is 12.6. The number of nitrogens with one attached hydrogen (secondary N) is 1. The minimum Gasteiger partial charge on any atom is -0.497 e. The van der Waals surface area contributed by atoms with Gasteiger partial charge in [0.25, 0.3) is 5.91 Å². The SMILES string of the molecule is COc1ccc(-c2nc(NC(=O)c3ccc4nnc(C)n4c3)sc2C)cc1. The first-order valence-corrected chi connectivity index (χ1v) is 9.11. The summed E-state index contributed by atoms with van der Waals surface area (Å²) >= 11 is 1.44. The molecule has 0 aliphatic rings. The molecule has 1 amide bonds. The molecule has 0 unspecified atom stereocenters. The minimum absolute atomic E-state index is 0.222. The van der Waals surface area contributed by atoms with Crippen LogP contribution >= 0.6 is 11.3 Å². The molecule has 8 heteroatoms. The zero-order valence-corrected chi connectivity index (χ0v) is 15.9. The van der Waals surface area contributed by atoms with E-state index in [4.69, 9.17) is 4.74 Å². The van der Waals surface area contributed by atoms with Crippen LogP contribution in [0.5, 0.6) is 5.75 Å². The topological polar surface area (TPSA) is 81.4 Å². The molecule has 0 bridgehead atoms. The van der Waals surface area contributed by atoms with Crippen molar-refractivity contribution in [2.75, 3.05) is 12.4 Å². The number of methoxy groups -OCH3 is 1. The van der Waals surface area contributed by atoms with E-state index in [9.17, 15) is 4.79 Å². The fourth-order valence-electron chi connectivity index (χ4n) is 2.78. The van der Waals surface area contributed by atoms with Crippen molar-refractivity contribution in [2.24, 2.45) is 0 Å². The van der Waals surface area contributed by atoms with Crippen LogP contribution in [0.3, 0.4) is 0 Å². The Kier molecular flexibility index (Phi) is 4.33. The highest BCUT2D eigenvalue weighted by atomic mass is 32.1. The van der Waals surface area contributed by atoms with Crippen LogP contribution in [0.2, 0.25) is 0 Å². The summed E-state index contributed by atoms with van der Waals surface area (Å²) in [5.74, 6) is 1.30. The van der Waals surface area contributed by atoms with Crippen LogP contribution in [0.1, 0.15) is 21.1 Å². The normalized spacial score (nSPS) is 10.9. The number of benzene rings is 1. The van der Waals surface area contributed by atoms with E-state index in [-0.39, 0.29) is 5.91 Å². The smallest absolute Gasteiger partial charge is 0.258 e. The van der Waals surface area contributed by atoms with Gasteiger partial charge < -0.3 is 4.74 Å². The number of carbonyl (C=O) groups excluding carboxylic acids is 1. The van der Waals surface area contributed by atoms with E-state index in [0.29, 0.717) is 16.3 Å². The molecule has 1 N–H and O–H groups in total. The van der Waals surface area contributed by atoms with Crippen molar-refractivity contribution in [3.63, 3.8) is 0 Å². The van der Waals surface area contributed by atoms with Crippen LogP contribution in [-0.2, 0) is 0 Å². The van der Waals surface area contributed by atoms with Crippen molar-refractivity contribution < 1.29 is 9.53 Å². The van der Waals surface area contributed by atoms with Gasteiger partial charge in [0.15, 0.2) is 10.8 Å². The first-order chi connectivity index (χ1) is 13.0. The first kappa shape index (κ1) is 17.2. The summed E-state index contributed by atoms with van der Waals surface area (Å²) in [6.07, 6.45) is 1.73. The monoisotopic (exact) mass is 379 g/mol. The average molecular weight is 379 g/mol. The van der Waals surface area contributed by atoms with Gasteiger partial charge in [0.1, 0.15) is 11.6 Å². The lowest BCUT2D eigenvalue weighted by Crippen LogP contribution is -2.12. The molecule has 0 radical (unpaired) electrons. The molecule has 0 aliphatic heterocycles. The number of amides is 1. The summed E-state index contributed by atoms with van der Waals surface area (Å²) in [7, 11) is 1.63. The number of nitrogens with zero attached hydrogens (tertiary/aromatic N) is 4. The Morgan fingerprint density at radius 2 is 1.89 bits per heavy atom. The van der Waals surface area contributed by atoms with Gasteiger partial charge in [0.2, 0.25) is 0 Å². The second kappa shape index (κ2) is 6.81. The molecule has 7 nitrogen and oxygen atoms in total. The Morgan fingerprint density at radius 3 is 2.63 bits per heavy atom. The van der Waals surface area contributed by atoms with E-state index in [0.717, 1.165) is 27.7 Å². The van der Waals surface area contributed by atoms with Gasteiger partial charge in [-0.25, -0.2) is 4.98 Å². The zero-order chi connectivity index (χ0) is 19.0. The highest BCUT2D eigenvalue weighted by Crippen LogP contribution is 2.31. The van der Waals surface area contributed by atoms with Gasteiger partial charge in [0.05, 0.1) is 18.4 Å². The van der Waals surface area contributed by atoms with Crippen molar-refractivity contribution >= 4 is 28.0 Å². The number of thiazole rings is 1. The van der Waals surface area contributed by atoms with Gasteiger partial charge in [-0.15, -0.1) is 21.5 Å². The number of hydrogen-bond donors (Lipinski definition) is 1. The van der Waals surface area contributed by atoms with Crippen molar-refractivity contribution in [1.29, 1.82) is 0 Å². The number of anilines is 1. The third kappa shape index (κ3) is 3.26. The molecule has 0 atom stereocenters. The molecule has 27 heavy (non-hydrogen) atoms.